The van der Waals surface area contributed by atoms with E-state index in [-0.39, 0.29) is 18.2 Å². The summed E-state index contributed by atoms with van der Waals surface area (Å²) in [6, 6.07) is 6.55. The molecule has 148 valence electrons. The molecule has 0 bridgehead atoms. The van der Waals surface area contributed by atoms with Crippen molar-refractivity contribution in [3.8, 4) is 11.4 Å². The van der Waals surface area contributed by atoms with E-state index in [1.165, 1.54) is 7.11 Å². The van der Waals surface area contributed by atoms with E-state index in [4.69, 9.17) is 9.47 Å². The van der Waals surface area contributed by atoms with Gasteiger partial charge in [-0.2, -0.15) is 18.2 Å². The summed E-state index contributed by atoms with van der Waals surface area (Å²) >= 11 is 0. The number of alkyl halides is 3. The third-order valence-corrected chi connectivity index (χ3v) is 3.69. The van der Waals surface area contributed by atoms with E-state index in [9.17, 15) is 18.0 Å². The molecule has 0 N–H and O–H groups in total. The molecule has 0 aliphatic rings. The number of hydrogen-bond donors (Lipinski definition) is 0. The van der Waals surface area contributed by atoms with Crippen LogP contribution in [0.5, 0.6) is 0 Å². The molecule has 1 aromatic heterocycles. The monoisotopic (exact) mass is 387 g/mol. The van der Waals surface area contributed by atoms with E-state index >= 15 is 0 Å². The topological polar surface area (TPSA) is 77.7 Å². The number of aromatic nitrogens is 2. The summed E-state index contributed by atoms with van der Waals surface area (Å²) in [4.78, 5) is 17.2. The van der Waals surface area contributed by atoms with Crippen LogP contribution in [0, 0.1) is 0 Å². The zero-order valence-corrected chi connectivity index (χ0v) is 15.0. The number of halogens is 3. The summed E-state index contributed by atoms with van der Waals surface area (Å²) in [5.74, 6) is -1.62. The quantitative estimate of drug-likeness (QED) is 0.659. The summed E-state index contributed by atoms with van der Waals surface area (Å²) < 4.78 is 51.8. The minimum absolute atomic E-state index is 0.0778. The van der Waals surface area contributed by atoms with E-state index in [2.05, 4.69) is 14.7 Å². The van der Waals surface area contributed by atoms with Crippen molar-refractivity contribution in [2.24, 2.45) is 0 Å². The van der Waals surface area contributed by atoms with Gasteiger partial charge in [-0.05, 0) is 5.56 Å². The summed E-state index contributed by atoms with van der Waals surface area (Å²) in [6.45, 7) is 1.47. The van der Waals surface area contributed by atoms with Crippen LogP contribution in [0.4, 0.5) is 13.2 Å². The maximum absolute atomic E-state index is 12.5. The Bertz CT molecular complexity index is 732. The third-order valence-electron chi connectivity index (χ3n) is 3.69. The second-order valence-electron chi connectivity index (χ2n) is 5.67. The predicted molar refractivity (Wildman–Crippen MR) is 88.5 cm³/mol. The highest BCUT2D eigenvalue weighted by Crippen LogP contribution is 2.29. The van der Waals surface area contributed by atoms with Gasteiger partial charge in [-0.1, -0.05) is 29.4 Å². The first-order valence-electron chi connectivity index (χ1n) is 8.11. The molecule has 1 aromatic carbocycles. The number of rotatable bonds is 9. The molecule has 0 atom stereocenters. The summed E-state index contributed by atoms with van der Waals surface area (Å²) in [7, 11) is 3.07. The molecule has 0 saturated carbocycles. The maximum atomic E-state index is 12.5. The van der Waals surface area contributed by atoms with E-state index in [1.807, 2.05) is 0 Å². The van der Waals surface area contributed by atoms with E-state index in [0.29, 0.717) is 31.9 Å². The summed E-state index contributed by atoms with van der Waals surface area (Å²) in [5, 5.41) is 3.34. The van der Waals surface area contributed by atoms with Crippen LogP contribution in [0.15, 0.2) is 28.8 Å². The SMILES string of the molecule is COCCC(=O)N(CCOC)Cc1ccc(-c2noc(C(F)(F)F)n2)cc1. The molecule has 2 rings (SSSR count). The molecule has 0 spiro atoms. The van der Waals surface area contributed by atoms with Crippen molar-refractivity contribution in [2.75, 3.05) is 34.0 Å². The number of ether oxygens (including phenoxy) is 2. The molecule has 27 heavy (non-hydrogen) atoms. The van der Waals surface area contributed by atoms with Crippen LogP contribution in [0.1, 0.15) is 17.9 Å². The number of nitrogens with zero attached hydrogens (tertiary/aromatic N) is 3. The van der Waals surface area contributed by atoms with Crippen molar-refractivity contribution in [3.05, 3.63) is 35.7 Å². The normalized spacial score (nSPS) is 11.6. The van der Waals surface area contributed by atoms with Gasteiger partial charge in [0.25, 0.3) is 0 Å². The summed E-state index contributed by atoms with van der Waals surface area (Å²) in [6.07, 6.45) is -4.43. The van der Waals surface area contributed by atoms with Gasteiger partial charge in [0.1, 0.15) is 0 Å². The third kappa shape index (κ3) is 6.04. The lowest BCUT2D eigenvalue weighted by Crippen LogP contribution is -2.34. The van der Waals surface area contributed by atoms with Crippen LogP contribution >= 0.6 is 0 Å². The Morgan fingerprint density at radius 1 is 1.15 bits per heavy atom. The van der Waals surface area contributed by atoms with Crippen molar-refractivity contribution < 1.29 is 32.0 Å². The van der Waals surface area contributed by atoms with Gasteiger partial charge < -0.3 is 18.9 Å². The standard InChI is InChI=1S/C17H20F3N3O4/c1-25-9-7-14(24)23(8-10-26-2)11-12-3-5-13(6-4-12)15-21-16(27-22-15)17(18,19)20/h3-6H,7-11H2,1-2H3. The van der Waals surface area contributed by atoms with Crippen LogP contribution in [0.25, 0.3) is 11.4 Å². The summed E-state index contributed by atoms with van der Waals surface area (Å²) in [5.41, 5.74) is 1.19. The van der Waals surface area contributed by atoms with Crippen LogP contribution in [-0.4, -0.2) is 54.9 Å². The lowest BCUT2D eigenvalue weighted by Gasteiger charge is -2.22. The van der Waals surface area contributed by atoms with Crippen molar-refractivity contribution >= 4 is 5.91 Å². The fourth-order valence-corrected chi connectivity index (χ4v) is 2.28. The molecule has 7 nitrogen and oxygen atoms in total. The van der Waals surface area contributed by atoms with Gasteiger partial charge in [-0.25, -0.2) is 0 Å². The average molecular weight is 387 g/mol. The first-order valence-corrected chi connectivity index (χ1v) is 8.11. The zero-order valence-electron chi connectivity index (χ0n) is 15.0. The Labute approximate surface area is 154 Å². The molecule has 1 heterocycles. The Kier molecular flexibility index (Phi) is 7.31. The van der Waals surface area contributed by atoms with E-state index in [0.717, 1.165) is 5.56 Å². The molecule has 2 aromatic rings. The fourth-order valence-electron chi connectivity index (χ4n) is 2.28. The van der Waals surface area contributed by atoms with Crippen LogP contribution in [-0.2, 0) is 27.0 Å². The highest BCUT2D eigenvalue weighted by Gasteiger charge is 2.38. The van der Waals surface area contributed by atoms with Crippen LogP contribution in [0.3, 0.4) is 0 Å². The Balaban J connectivity index is 2.08. The van der Waals surface area contributed by atoms with E-state index < -0.39 is 12.1 Å². The highest BCUT2D eigenvalue weighted by atomic mass is 19.4. The number of carbonyl (C=O) groups excluding carboxylic acids is 1. The second kappa shape index (κ2) is 9.47. The Hall–Kier alpha value is -2.46. The number of carbonyl (C=O) groups is 1. The molecule has 1 amide bonds. The largest absolute Gasteiger partial charge is 0.471 e. The Morgan fingerprint density at radius 3 is 2.37 bits per heavy atom. The minimum Gasteiger partial charge on any atom is -0.384 e. The van der Waals surface area contributed by atoms with Gasteiger partial charge in [0.05, 0.1) is 19.6 Å². The lowest BCUT2D eigenvalue weighted by molar-refractivity contribution is -0.159. The Morgan fingerprint density at radius 2 is 1.81 bits per heavy atom. The first-order chi connectivity index (χ1) is 12.8. The smallest absolute Gasteiger partial charge is 0.384 e. The van der Waals surface area contributed by atoms with Crippen molar-refractivity contribution in [3.63, 3.8) is 0 Å². The zero-order chi connectivity index (χ0) is 19.9. The lowest BCUT2D eigenvalue weighted by atomic mass is 10.1. The molecule has 0 radical (unpaired) electrons. The molecule has 10 heteroatoms. The highest BCUT2D eigenvalue weighted by molar-refractivity contribution is 5.76. The predicted octanol–water partition coefficient (Wildman–Crippen LogP) is 2.77. The second-order valence-corrected chi connectivity index (χ2v) is 5.67. The molecular formula is C17H20F3N3O4. The number of hydrogen-bond acceptors (Lipinski definition) is 6. The van der Waals surface area contributed by atoms with Gasteiger partial charge in [-0.3, -0.25) is 4.79 Å². The number of benzene rings is 1. The maximum Gasteiger partial charge on any atom is 0.471 e. The molecule has 0 unspecified atom stereocenters. The van der Waals surface area contributed by atoms with Gasteiger partial charge in [0, 0.05) is 32.9 Å². The minimum atomic E-state index is -4.68. The van der Waals surface area contributed by atoms with Gasteiger partial charge in [0.15, 0.2) is 0 Å². The van der Waals surface area contributed by atoms with Gasteiger partial charge in [-0.15, -0.1) is 0 Å². The van der Waals surface area contributed by atoms with Crippen molar-refractivity contribution in [1.82, 2.24) is 15.0 Å². The van der Waals surface area contributed by atoms with Crippen molar-refractivity contribution in [1.29, 1.82) is 0 Å². The van der Waals surface area contributed by atoms with Crippen LogP contribution in [0.2, 0.25) is 0 Å². The van der Waals surface area contributed by atoms with Gasteiger partial charge in [0.2, 0.25) is 11.7 Å². The fraction of sp³-hybridized carbons (Fsp3) is 0.471. The molecule has 0 fully saturated rings. The molecule has 0 aliphatic carbocycles. The molecule has 0 saturated heterocycles. The number of amides is 1. The average Bonchev–Trinajstić information content (AvgIpc) is 3.14. The first kappa shape index (κ1) is 20.8. The van der Waals surface area contributed by atoms with Crippen LogP contribution < -0.4 is 0 Å². The van der Waals surface area contributed by atoms with Crippen molar-refractivity contribution in [2.45, 2.75) is 19.1 Å². The number of methoxy groups -OCH3 is 2. The molecule has 0 aliphatic heterocycles. The molecular weight excluding hydrogens is 367 g/mol. The van der Waals surface area contributed by atoms with E-state index in [1.54, 1.807) is 36.3 Å². The van der Waals surface area contributed by atoms with Gasteiger partial charge >= 0.3 is 12.1 Å².